The number of para-hydroxylation sites is 1. The maximum atomic E-state index is 6.15. The van der Waals surface area contributed by atoms with Crippen molar-refractivity contribution >= 4 is 17.6 Å². The standard InChI is InChI=1S/C17H25ClN6O/c1-5-13(25-15-9-7-6-8-14(15)18)10-20-17(19-3)21-11-16-23-22-12(2)24(16)4/h6-9,13H,5,10-11H2,1-4H3,(H2,19,20,21). The van der Waals surface area contributed by atoms with E-state index in [0.29, 0.717) is 29.8 Å². The van der Waals surface area contributed by atoms with Gasteiger partial charge in [0.2, 0.25) is 0 Å². The maximum absolute atomic E-state index is 6.15. The molecule has 0 saturated heterocycles. The van der Waals surface area contributed by atoms with Gasteiger partial charge in [0.05, 0.1) is 18.1 Å². The first-order chi connectivity index (χ1) is 12.0. The molecule has 1 aromatic carbocycles. The number of aliphatic imine (C=N–C) groups is 1. The molecule has 0 aliphatic carbocycles. The third-order valence-electron chi connectivity index (χ3n) is 3.90. The average molecular weight is 365 g/mol. The Labute approximate surface area is 153 Å². The number of halogens is 1. The lowest BCUT2D eigenvalue weighted by atomic mass is 10.2. The van der Waals surface area contributed by atoms with E-state index < -0.39 is 0 Å². The molecule has 0 aliphatic heterocycles. The largest absolute Gasteiger partial charge is 0.487 e. The van der Waals surface area contributed by atoms with E-state index in [0.717, 1.165) is 18.1 Å². The lowest BCUT2D eigenvalue weighted by Gasteiger charge is -2.20. The quantitative estimate of drug-likeness (QED) is 0.582. The van der Waals surface area contributed by atoms with Crippen LogP contribution in [0.2, 0.25) is 5.02 Å². The SMILES string of the molecule is CCC(CNC(=NC)NCc1nnc(C)n1C)Oc1ccccc1Cl. The van der Waals surface area contributed by atoms with Crippen molar-refractivity contribution < 1.29 is 4.74 Å². The van der Waals surface area contributed by atoms with Crippen LogP contribution in [0.3, 0.4) is 0 Å². The summed E-state index contributed by atoms with van der Waals surface area (Å²) in [7, 11) is 3.67. The molecule has 1 heterocycles. The molecule has 2 N–H and O–H groups in total. The molecule has 0 radical (unpaired) electrons. The van der Waals surface area contributed by atoms with Crippen LogP contribution in [0.5, 0.6) is 5.75 Å². The summed E-state index contributed by atoms with van der Waals surface area (Å²) in [6, 6.07) is 7.48. The van der Waals surface area contributed by atoms with Crippen molar-refractivity contribution in [1.82, 2.24) is 25.4 Å². The topological polar surface area (TPSA) is 76.4 Å². The van der Waals surface area contributed by atoms with Gasteiger partial charge in [-0.15, -0.1) is 10.2 Å². The zero-order chi connectivity index (χ0) is 18.2. The van der Waals surface area contributed by atoms with Crippen LogP contribution in [0.15, 0.2) is 29.3 Å². The van der Waals surface area contributed by atoms with Crippen molar-refractivity contribution in [3.05, 3.63) is 40.9 Å². The van der Waals surface area contributed by atoms with E-state index in [-0.39, 0.29) is 6.10 Å². The Hall–Kier alpha value is -2.28. The summed E-state index contributed by atoms with van der Waals surface area (Å²) in [5, 5.41) is 15.3. The Morgan fingerprint density at radius 1 is 1.32 bits per heavy atom. The molecular weight excluding hydrogens is 340 g/mol. The second-order valence-electron chi connectivity index (χ2n) is 5.61. The van der Waals surface area contributed by atoms with E-state index in [9.17, 15) is 0 Å². The van der Waals surface area contributed by atoms with Gasteiger partial charge in [0.25, 0.3) is 0 Å². The number of guanidine groups is 1. The van der Waals surface area contributed by atoms with Gasteiger partial charge >= 0.3 is 0 Å². The van der Waals surface area contributed by atoms with Crippen molar-refractivity contribution in [2.24, 2.45) is 12.0 Å². The summed E-state index contributed by atoms with van der Waals surface area (Å²) in [4.78, 5) is 4.23. The highest BCUT2D eigenvalue weighted by Crippen LogP contribution is 2.24. The van der Waals surface area contributed by atoms with Gasteiger partial charge in [-0.1, -0.05) is 30.7 Å². The van der Waals surface area contributed by atoms with E-state index in [1.54, 1.807) is 7.05 Å². The molecule has 1 unspecified atom stereocenters. The number of nitrogens with one attached hydrogen (secondary N) is 2. The molecule has 8 heteroatoms. The maximum Gasteiger partial charge on any atom is 0.191 e. The van der Waals surface area contributed by atoms with Gasteiger partial charge < -0.3 is 19.9 Å². The Morgan fingerprint density at radius 3 is 2.68 bits per heavy atom. The first-order valence-corrected chi connectivity index (χ1v) is 8.63. The van der Waals surface area contributed by atoms with E-state index in [2.05, 4.69) is 32.7 Å². The smallest absolute Gasteiger partial charge is 0.191 e. The second kappa shape index (κ2) is 9.27. The predicted molar refractivity (Wildman–Crippen MR) is 100 cm³/mol. The van der Waals surface area contributed by atoms with Gasteiger partial charge in [0, 0.05) is 14.1 Å². The third-order valence-corrected chi connectivity index (χ3v) is 4.22. The van der Waals surface area contributed by atoms with E-state index in [1.165, 1.54) is 0 Å². The molecule has 0 saturated carbocycles. The predicted octanol–water partition coefficient (Wildman–Crippen LogP) is 2.30. The van der Waals surface area contributed by atoms with Gasteiger partial charge in [-0.05, 0) is 25.5 Å². The third kappa shape index (κ3) is 5.35. The average Bonchev–Trinajstić information content (AvgIpc) is 2.94. The first kappa shape index (κ1) is 19.1. The Balaban J connectivity index is 1.86. The van der Waals surface area contributed by atoms with Gasteiger partial charge in [0.1, 0.15) is 17.7 Å². The number of rotatable bonds is 7. The summed E-state index contributed by atoms with van der Waals surface area (Å²) < 4.78 is 7.91. The van der Waals surface area contributed by atoms with Gasteiger partial charge in [-0.2, -0.15) is 0 Å². The van der Waals surface area contributed by atoms with Crippen LogP contribution < -0.4 is 15.4 Å². The minimum Gasteiger partial charge on any atom is -0.487 e. The molecule has 2 aromatic rings. The lowest BCUT2D eigenvalue weighted by Crippen LogP contribution is -2.42. The number of benzene rings is 1. The van der Waals surface area contributed by atoms with E-state index in [1.807, 2.05) is 42.8 Å². The first-order valence-electron chi connectivity index (χ1n) is 8.25. The Morgan fingerprint density at radius 2 is 2.08 bits per heavy atom. The van der Waals surface area contributed by atoms with Gasteiger partial charge in [0.15, 0.2) is 11.8 Å². The summed E-state index contributed by atoms with van der Waals surface area (Å²) in [5.74, 6) is 3.09. The zero-order valence-electron chi connectivity index (χ0n) is 15.1. The molecule has 136 valence electrons. The van der Waals surface area contributed by atoms with E-state index >= 15 is 0 Å². The van der Waals surface area contributed by atoms with Crippen molar-refractivity contribution in [2.45, 2.75) is 32.9 Å². The Bertz CT molecular complexity index is 715. The van der Waals surface area contributed by atoms with Crippen molar-refractivity contribution in [3.8, 4) is 5.75 Å². The number of aryl methyl sites for hydroxylation is 1. The molecule has 2 rings (SSSR count). The number of hydrogen-bond donors (Lipinski definition) is 2. The van der Waals surface area contributed by atoms with Crippen LogP contribution in [0, 0.1) is 6.92 Å². The molecular formula is C17H25ClN6O. The fourth-order valence-corrected chi connectivity index (χ4v) is 2.37. The van der Waals surface area contributed by atoms with Gasteiger partial charge in [-0.25, -0.2) is 0 Å². The molecule has 0 fully saturated rings. The minimum absolute atomic E-state index is 0.0180. The van der Waals surface area contributed by atoms with E-state index in [4.69, 9.17) is 16.3 Å². The van der Waals surface area contributed by atoms with Crippen LogP contribution in [-0.2, 0) is 13.6 Å². The fourth-order valence-electron chi connectivity index (χ4n) is 2.19. The monoisotopic (exact) mass is 364 g/mol. The normalized spacial score (nSPS) is 12.8. The molecule has 7 nitrogen and oxygen atoms in total. The number of aromatic nitrogens is 3. The molecule has 0 amide bonds. The molecule has 1 aromatic heterocycles. The molecule has 0 bridgehead atoms. The highest BCUT2D eigenvalue weighted by atomic mass is 35.5. The fraction of sp³-hybridized carbons (Fsp3) is 0.471. The Kier molecular flexibility index (Phi) is 7.06. The highest BCUT2D eigenvalue weighted by Gasteiger charge is 2.12. The van der Waals surface area contributed by atoms with Crippen LogP contribution in [0.25, 0.3) is 0 Å². The van der Waals surface area contributed by atoms with Crippen LogP contribution >= 0.6 is 11.6 Å². The summed E-state index contributed by atoms with van der Waals surface area (Å²) in [6.07, 6.45) is 0.827. The second-order valence-corrected chi connectivity index (χ2v) is 6.01. The van der Waals surface area contributed by atoms with Crippen molar-refractivity contribution in [2.75, 3.05) is 13.6 Å². The summed E-state index contributed by atoms with van der Waals surface area (Å²) in [5.41, 5.74) is 0. The number of nitrogens with zero attached hydrogens (tertiary/aromatic N) is 4. The number of hydrogen-bond acceptors (Lipinski definition) is 4. The molecule has 1 atom stereocenters. The number of ether oxygens (including phenoxy) is 1. The van der Waals surface area contributed by atoms with Crippen LogP contribution in [-0.4, -0.2) is 40.4 Å². The van der Waals surface area contributed by atoms with Crippen LogP contribution in [0.1, 0.15) is 25.0 Å². The van der Waals surface area contributed by atoms with Crippen LogP contribution in [0.4, 0.5) is 0 Å². The summed E-state index contributed by atoms with van der Waals surface area (Å²) >= 11 is 6.15. The lowest BCUT2D eigenvalue weighted by molar-refractivity contribution is 0.199. The minimum atomic E-state index is -0.0180. The molecule has 0 aliphatic rings. The van der Waals surface area contributed by atoms with Gasteiger partial charge in [-0.3, -0.25) is 4.99 Å². The summed E-state index contributed by atoms with van der Waals surface area (Å²) in [6.45, 7) is 5.14. The van der Waals surface area contributed by atoms with Crippen molar-refractivity contribution in [3.63, 3.8) is 0 Å². The molecule has 25 heavy (non-hydrogen) atoms. The highest BCUT2D eigenvalue weighted by molar-refractivity contribution is 6.32. The molecule has 0 spiro atoms. The zero-order valence-corrected chi connectivity index (χ0v) is 15.8. The van der Waals surface area contributed by atoms with Crippen molar-refractivity contribution in [1.29, 1.82) is 0 Å².